The van der Waals surface area contributed by atoms with Crippen LogP contribution in [-0.4, -0.2) is 80.1 Å². The van der Waals surface area contributed by atoms with E-state index in [1.807, 2.05) is 17.0 Å². The van der Waals surface area contributed by atoms with Crippen LogP contribution in [0, 0.1) is 0 Å². The van der Waals surface area contributed by atoms with Crippen LogP contribution in [0.4, 0.5) is 19.1 Å². The van der Waals surface area contributed by atoms with Gasteiger partial charge >= 0.3 is 6.18 Å². The minimum absolute atomic E-state index is 0.00391. The van der Waals surface area contributed by atoms with Crippen LogP contribution in [0.15, 0.2) is 49.1 Å². The van der Waals surface area contributed by atoms with Gasteiger partial charge in [-0.3, -0.25) is 4.90 Å². The molecular weight excluding hydrogens is 601 g/mol. The van der Waals surface area contributed by atoms with Crippen molar-refractivity contribution in [1.29, 1.82) is 0 Å². The fourth-order valence-corrected chi connectivity index (χ4v) is 5.83. The maximum Gasteiger partial charge on any atom is 0.433 e. The number of likely N-dealkylation sites (tertiary alicyclic amines) is 1. The summed E-state index contributed by atoms with van der Waals surface area (Å²) in [5.74, 6) is 1.50. The molecule has 2 aliphatic rings. The third-order valence-electron chi connectivity index (χ3n) is 8.40. The number of hydrogen-bond acceptors (Lipinski definition) is 11. The Labute approximate surface area is 264 Å². The summed E-state index contributed by atoms with van der Waals surface area (Å²) in [6.45, 7) is 1.77. The second-order valence-electron chi connectivity index (χ2n) is 11.5. The van der Waals surface area contributed by atoms with Gasteiger partial charge in [0.05, 0.1) is 25.1 Å². The van der Waals surface area contributed by atoms with E-state index in [0.29, 0.717) is 72.9 Å². The van der Waals surface area contributed by atoms with Crippen molar-refractivity contribution in [2.75, 3.05) is 39.2 Å². The number of benzene rings is 1. The summed E-state index contributed by atoms with van der Waals surface area (Å²) in [4.78, 5) is 27.9. The summed E-state index contributed by atoms with van der Waals surface area (Å²) < 4.78 is 51.6. The van der Waals surface area contributed by atoms with E-state index in [-0.39, 0.29) is 12.5 Å². The Bertz CT molecular complexity index is 1640. The number of hydrogen-bond donors (Lipinski definition) is 2. The molecule has 4 heterocycles. The van der Waals surface area contributed by atoms with E-state index in [2.05, 4.69) is 35.2 Å². The fraction of sp³-hybridized carbons (Fsp3) is 0.438. The zero-order valence-corrected chi connectivity index (χ0v) is 25.5. The molecule has 11 nitrogen and oxygen atoms in total. The molecule has 46 heavy (non-hydrogen) atoms. The Hall–Kier alpha value is -4.27. The summed E-state index contributed by atoms with van der Waals surface area (Å²) in [7, 11) is 3.08. The van der Waals surface area contributed by atoms with Gasteiger partial charge in [-0.25, -0.2) is 24.9 Å². The van der Waals surface area contributed by atoms with Gasteiger partial charge in [-0.2, -0.15) is 18.2 Å². The molecule has 2 N–H and O–H groups in total. The van der Waals surface area contributed by atoms with Gasteiger partial charge in [-0.1, -0.05) is 30.3 Å². The molecule has 1 unspecified atom stereocenters. The average molecular weight is 637 g/mol. The molecule has 1 saturated carbocycles. The second-order valence-corrected chi connectivity index (χ2v) is 11.5. The molecule has 1 aliphatic heterocycles. The first-order valence-corrected chi connectivity index (χ1v) is 15.2. The smallest absolute Gasteiger partial charge is 0.433 e. The second kappa shape index (κ2) is 13.6. The van der Waals surface area contributed by atoms with Gasteiger partial charge in [0.25, 0.3) is 0 Å². The number of pyridine rings is 1. The van der Waals surface area contributed by atoms with Crippen LogP contribution in [-0.2, 0) is 17.5 Å². The Balaban J connectivity index is 1.19. The van der Waals surface area contributed by atoms with E-state index in [1.165, 1.54) is 19.8 Å². The van der Waals surface area contributed by atoms with Crippen LogP contribution in [0.1, 0.15) is 60.0 Å². The first-order valence-electron chi connectivity index (χ1n) is 15.2. The number of rotatable bonds is 11. The third kappa shape index (κ3) is 7.08. The van der Waals surface area contributed by atoms with Crippen LogP contribution in [0.5, 0.6) is 5.88 Å². The molecule has 0 spiro atoms. The molecule has 0 bridgehead atoms. The summed E-state index contributed by atoms with van der Waals surface area (Å²) in [6, 6.07) is 9.86. The first-order chi connectivity index (χ1) is 22.2. The minimum Gasteiger partial charge on any atom is -0.480 e. The van der Waals surface area contributed by atoms with Crippen LogP contribution < -0.4 is 10.1 Å². The Morgan fingerprint density at radius 2 is 1.65 bits per heavy atom. The highest BCUT2D eigenvalue weighted by Gasteiger charge is 2.35. The van der Waals surface area contributed by atoms with Gasteiger partial charge < -0.3 is 19.9 Å². The molecular formula is C32H35F3N8O3. The zero-order chi connectivity index (χ0) is 32.3. The highest BCUT2D eigenvalue weighted by Crippen LogP contribution is 2.45. The van der Waals surface area contributed by atoms with Gasteiger partial charge in [0.2, 0.25) is 11.8 Å². The van der Waals surface area contributed by atoms with Crippen LogP contribution in [0.2, 0.25) is 0 Å². The predicted octanol–water partition coefficient (Wildman–Crippen LogP) is 5.05. The quantitative estimate of drug-likeness (QED) is 0.229. The van der Waals surface area contributed by atoms with Crippen LogP contribution >= 0.6 is 0 Å². The molecule has 2 fully saturated rings. The number of methoxy groups -OCH3 is 2. The Kier molecular flexibility index (Phi) is 9.38. The largest absolute Gasteiger partial charge is 0.480 e. The maximum atomic E-state index is 13.7. The van der Waals surface area contributed by atoms with Crippen molar-refractivity contribution in [2.24, 2.45) is 0 Å². The lowest BCUT2D eigenvalue weighted by Gasteiger charge is -2.35. The number of nitrogens with one attached hydrogen (secondary N) is 1. The lowest BCUT2D eigenvalue weighted by molar-refractivity contribution is -0.141. The van der Waals surface area contributed by atoms with E-state index in [0.717, 1.165) is 35.7 Å². The highest BCUT2D eigenvalue weighted by atomic mass is 19.4. The Morgan fingerprint density at radius 3 is 2.33 bits per heavy atom. The van der Waals surface area contributed by atoms with Crippen molar-refractivity contribution >= 4 is 5.95 Å². The fourth-order valence-electron chi connectivity index (χ4n) is 5.83. The molecule has 242 valence electrons. The van der Waals surface area contributed by atoms with Gasteiger partial charge in [0, 0.05) is 38.2 Å². The van der Waals surface area contributed by atoms with Crippen molar-refractivity contribution < 1.29 is 27.8 Å². The van der Waals surface area contributed by atoms with Gasteiger partial charge in [0.1, 0.15) is 30.1 Å². The molecule has 3 aromatic heterocycles. The SMILES string of the molecule is COCC(O)N1CCC(c2ccc(C(F)(F)F)nc2-c2ccc(CNc3ncnc(-c4c(OC)ncnc4C4CC4)n3)cc2)CC1. The molecule has 1 atom stereocenters. The zero-order valence-electron chi connectivity index (χ0n) is 25.5. The molecule has 1 aromatic carbocycles. The van der Waals surface area contributed by atoms with E-state index in [4.69, 9.17) is 9.47 Å². The number of aliphatic hydroxyl groups excluding tert-OH is 1. The lowest BCUT2D eigenvalue weighted by atomic mass is 9.86. The third-order valence-corrected chi connectivity index (χ3v) is 8.40. The van der Waals surface area contributed by atoms with Gasteiger partial charge in [-0.05, 0) is 48.8 Å². The van der Waals surface area contributed by atoms with E-state index >= 15 is 0 Å². The Morgan fingerprint density at radius 1 is 0.913 bits per heavy atom. The molecule has 0 radical (unpaired) electrons. The number of aromatic nitrogens is 6. The number of alkyl halides is 3. The predicted molar refractivity (Wildman–Crippen MR) is 163 cm³/mol. The maximum absolute atomic E-state index is 13.7. The molecule has 6 rings (SSSR count). The minimum atomic E-state index is -4.57. The highest BCUT2D eigenvalue weighted by molar-refractivity contribution is 5.67. The van der Waals surface area contributed by atoms with Gasteiger partial charge in [0.15, 0.2) is 5.82 Å². The number of nitrogens with zero attached hydrogens (tertiary/aromatic N) is 7. The normalized spacial score (nSPS) is 16.7. The van der Waals surface area contributed by atoms with E-state index in [1.54, 1.807) is 25.3 Å². The number of aliphatic hydroxyl groups is 1. The van der Waals surface area contributed by atoms with Crippen molar-refractivity contribution in [2.45, 2.75) is 56.5 Å². The molecule has 14 heteroatoms. The molecule has 4 aromatic rings. The number of anilines is 1. The van der Waals surface area contributed by atoms with Crippen molar-refractivity contribution in [3.05, 3.63) is 71.6 Å². The molecule has 0 amide bonds. The number of halogens is 3. The topological polar surface area (TPSA) is 131 Å². The van der Waals surface area contributed by atoms with Crippen molar-refractivity contribution in [3.8, 4) is 28.5 Å². The van der Waals surface area contributed by atoms with E-state index < -0.39 is 18.1 Å². The summed E-state index contributed by atoms with van der Waals surface area (Å²) in [5.41, 5.74) is 3.14. The first kappa shape index (κ1) is 31.7. The van der Waals surface area contributed by atoms with Crippen LogP contribution in [0.25, 0.3) is 22.6 Å². The monoisotopic (exact) mass is 636 g/mol. The van der Waals surface area contributed by atoms with Gasteiger partial charge in [-0.15, -0.1) is 0 Å². The lowest BCUT2D eigenvalue weighted by Crippen LogP contribution is -2.43. The summed E-state index contributed by atoms with van der Waals surface area (Å²) in [5, 5.41) is 13.5. The standard InChI is InChI=1S/C32H35F3N8O3/c1-45-16-25(44)43-13-11-20(12-14-43)23-9-10-24(32(33,34)35)41-27(23)21-5-3-19(4-6-21)15-36-31-40-18-38-29(42-31)26-28(22-7-8-22)37-17-39-30(26)46-2/h3-6,9-10,17-18,20,22,25,44H,7-8,11-16H2,1-2H3,(H,36,38,40,42). The molecule has 1 saturated heterocycles. The van der Waals surface area contributed by atoms with Crippen LogP contribution in [0.3, 0.4) is 0 Å². The average Bonchev–Trinajstić information content (AvgIpc) is 3.93. The summed E-state index contributed by atoms with van der Waals surface area (Å²) in [6.07, 6.45) is 1.06. The number of ether oxygens (including phenoxy) is 2. The van der Waals surface area contributed by atoms with Crippen molar-refractivity contribution in [1.82, 2.24) is 34.8 Å². The number of piperidine rings is 1. The van der Waals surface area contributed by atoms with E-state index in [9.17, 15) is 18.3 Å². The summed E-state index contributed by atoms with van der Waals surface area (Å²) >= 11 is 0. The molecule has 1 aliphatic carbocycles. The van der Waals surface area contributed by atoms with Crippen molar-refractivity contribution in [3.63, 3.8) is 0 Å².